The average molecular weight is 377 g/mol. The number of carbonyl (C=O) groups is 1. The van der Waals surface area contributed by atoms with Crippen LogP contribution in [-0.4, -0.2) is 32.0 Å². The van der Waals surface area contributed by atoms with Crippen LogP contribution in [0.15, 0.2) is 39.9 Å². The van der Waals surface area contributed by atoms with Crippen molar-refractivity contribution >= 4 is 40.3 Å². The van der Waals surface area contributed by atoms with Gasteiger partial charge in [-0.2, -0.15) is 15.1 Å². The number of amides is 1. The van der Waals surface area contributed by atoms with E-state index in [0.29, 0.717) is 5.17 Å². The molecule has 2 aliphatic rings. The monoisotopic (exact) mass is 377 g/mol. The van der Waals surface area contributed by atoms with Crippen LogP contribution in [0.4, 0.5) is 0 Å². The third-order valence-electron chi connectivity index (χ3n) is 4.77. The van der Waals surface area contributed by atoms with E-state index in [1.165, 1.54) is 27.9 Å². The zero-order valence-corrected chi connectivity index (χ0v) is 16.4. The molecule has 4 rings (SSSR count). The van der Waals surface area contributed by atoms with Crippen molar-refractivity contribution in [2.45, 2.75) is 27.7 Å². The molecule has 0 spiro atoms. The van der Waals surface area contributed by atoms with E-state index in [-0.39, 0.29) is 11.4 Å². The van der Waals surface area contributed by atoms with Gasteiger partial charge in [0.15, 0.2) is 11.0 Å². The molecule has 2 aromatic rings. The van der Waals surface area contributed by atoms with Crippen LogP contribution in [0.1, 0.15) is 28.1 Å². The first kappa shape index (κ1) is 17.5. The fourth-order valence-electron chi connectivity index (χ4n) is 3.36. The van der Waals surface area contributed by atoms with Crippen LogP contribution >= 0.6 is 11.8 Å². The number of carbonyl (C=O) groups excluding carboxylic acids is 1. The standard InChI is InChI=1S/C20H19N5OS/c1-11-5-6-12(2)17(7-11)24-13(3)8-15(14(24)4)9-16-18(21)25-20(23-19(16)26)27-10-22-25/h5-10,21H,1-4H3/b16-9+,21-18?. The second kappa shape index (κ2) is 6.35. The molecule has 0 saturated heterocycles. The minimum atomic E-state index is -0.402. The number of nitrogens with zero attached hydrogens (tertiary/aromatic N) is 4. The number of thioether (sulfide) groups is 1. The maximum Gasteiger partial charge on any atom is 0.283 e. The van der Waals surface area contributed by atoms with Crippen molar-refractivity contribution in [1.29, 1.82) is 5.41 Å². The van der Waals surface area contributed by atoms with Crippen LogP contribution in [0.2, 0.25) is 0 Å². The Kier molecular flexibility index (Phi) is 4.11. The van der Waals surface area contributed by atoms with Gasteiger partial charge in [0.05, 0.1) is 11.1 Å². The SMILES string of the molecule is Cc1ccc(C)c(-n2c(C)cc(/C=C3\C(=N)N4N=CSC4=NC3=O)c2C)c1. The molecule has 2 aliphatic heterocycles. The van der Waals surface area contributed by atoms with Crippen molar-refractivity contribution in [2.75, 3.05) is 0 Å². The summed E-state index contributed by atoms with van der Waals surface area (Å²) in [4.78, 5) is 16.5. The Bertz CT molecular complexity index is 1090. The molecule has 0 bridgehead atoms. The predicted octanol–water partition coefficient (Wildman–Crippen LogP) is 3.96. The summed E-state index contributed by atoms with van der Waals surface area (Å²) in [6, 6.07) is 8.40. The Morgan fingerprint density at radius 2 is 1.93 bits per heavy atom. The zero-order chi connectivity index (χ0) is 19.3. The number of aromatic nitrogens is 1. The number of amidine groups is 2. The molecule has 0 atom stereocenters. The van der Waals surface area contributed by atoms with Crippen LogP contribution in [0.3, 0.4) is 0 Å². The smallest absolute Gasteiger partial charge is 0.283 e. The summed E-state index contributed by atoms with van der Waals surface area (Å²) >= 11 is 1.24. The highest BCUT2D eigenvalue weighted by molar-refractivity contribution is 8.25. The lowest BCUT2D eigenvalue weighted by Gasteiger charge is -2.20. The van der Waals surface area contributed by atoms with Crippen LogP contribution < -0.4 is 0 Å². The lowest BCUT2D eigenvalue weighted by molar-refractivity contribution is -0.114. The van der Waals surface area contributed by atoms with E-state index in [1.54, 1.807) is 11.6 Å². The Labute approximate surface area is 161 Å². The number of fused-ring (bicyclic) bond motifs is 1. The molecule has 7 heteroatoms. The summed E-state index contributed by atoms with van der Waals surface area (Å²) in [5.41, 5.74) is 8.32. The minimum absolute atomic E-state index is 0.0581. The van der Waals surface area contributed by atoms with E-state index in [0.717, 1.165) is 22.6 Å². The number of aliphatic imine (C=N–C) groups is 1. The van der Waals surface area contributed by atoms with Gasteiger partial charge in [0.2, 0.25) is 0 Å². The first-order valence-corrected chi connectivity index (χ1v) is 9.44. The molecule has 1 N–H and O–H groups in total. The number of hydrogen-bond acceptors (Lipinski definition) is 4. The summed E-state index contributed by atoms with van der Waals surface area (Å²) in [6.07, 6.45) is 1.74. The highest BCUT2D eigenvalue weighted by Gasteiger charge is 2.32. The van der Waals surface area contributed by atoms with Crippen LogP contribution in [-0.2, 0) is 4.79 Å². The van der Waals surface area contributed by atoms with Gasteiger partial charge in [-0.25, -0.2) is 0 Å². The highest BCUT2D eigenvalue weighted by Crippen LogP contribution is 2.28. The molecule has 0 aliphatic carbocycles. The molecule has 136 valence electrons. The fraction of sp³-hybridized carbons (Fsp3) is 0.200. The Morgan fingerprint density at radius 1 is 1.15 bits per heavy atom. The van der Waals surface area contributed by atoms with Gasteiger partial charge in [-0.05, 0) is 74.4 Å². The quantitative estimate of drug-likeness (QED) is 0.805. The van der Waals surface area contributed by atoms with Gasteiger partial charge in [0.1, 0.15) is 0 Å². The van der Waals surface area contributed by atoms with E-state index >= 15 is 0 Å². The zero-order valence-electron chi connectivity index (χ0n) is 15.6. The highest BCUT2D eigenvalue weighted by atomic mass is 32.2. The number of hydrogen-bond donors (Lipinski definition) is 1. The van der Waals surface area contributed by atoms with Crippen molar-refractivity contribution in [2.24, 2.45) is 10.1 Å². The maximum absolute atomic E-state index is 12.4. The second-order valence-electron chi connectivity index (χ2n) is 6.71. The first-order valence-electron chi connectivity index (χ1n) is 8.56. The van der Waals surface area contributed by atoms with Gasteiger partial charge in [0.25, 0.3) is 5.91 Å². The molecule has 0 radical (unpaired) electrons. The van der Waals surface area contributed by atoms with Crippen LogP contribution in [0.5, 0.6) is 0 Å². The number of nitrogens with one attached hydrogen (secondary N) is 1. The molecule has 1 amide bonds. The lowest BCUT2D eigenvalue weighted by Crippen LogP contribution is -2.35. The van der Waals surface area contributed by atoms with Crippen LogP contribution in [0, 0.1) is 33.1 Å². The Balaban J connectivity index is 1.82. The lowest BCUT2D eigenvalue weighted by atomic mass is 10.1. The molecule has 3 heterocycles. The van der Waals surface area contributed by atoms with E-state index < -0.39 is 5.91 Å². The molecular formula is C20H19N5OS. The van der Waals surface area contributed by atoms with E-state index in [4.69, 9.17) is 5.41 Å². The summed E-state index contributed by atoms with van der Waals surface area (Å²) in [5.74, 6) is -0.344. The minimum Gasteiger partial charge on any atom is -0.318 e. The van der Waals surface area contributed by atoms with Crippen LogP contribution in [0.25, 0.3) is 11.8 Å². The van der Waals surface area contributed by atoms with Crippen molar-refractivity contribution < 1.29 is 4.79 Å². The summed E-state index contributed by atoms with van der Waals surface area (Å²) in [6.45, 7) is 8.23. The average Bonchev–Trinajstić information content (AvgIpc) is 3.19. The number of benzene rings is 1. The Morgan fingerprint density at radius 3 is 2.70 bits per heavy atom. The molecule has 27 heavy (non-hydrogen) atoms. The van der Waals surface area contributed by atoms with Crippen molar-refractivity contribution in [1.82, 2.24) is 9.58 Å². The van der Waals surface area contributed by atoms with Gasteiger partial charge in [-0.1, -0.05) is 12.1 Å². The van der Waals surface area contributed by atoms with Crippen molar-refractivity contribution in [3.05, 3.63) is 57.9 Å². The topological polar surface area (TPSA) is 73.8 Å². The molecule has 0 saturated carbocycles. The molecule has 0 fully saturated rings. The molecule has 1 aromatic heterocycles. The van der Waals surface area contributed by atoms with Gasteiger partial charge in [-0.15, -0.1) is 0 Å². The number of hydrazone groups is 1. The number of rotatable bonds is 2. The van der Waals surface area contributed by atoms with E-state index in [1.807, 2.05) is 19.9 Å². The predicted molar refractivity (Wildman–Crippen MR) is 111 cm³/mol. The van der Waals surface area contributed by atoms with E-state index in [2.05, 4.69) is 46.7 Å². The van der Waals surface area contributed by atoms with E-state index in [9.17, 15) is 4.79 Å². The van der Waals surface area contributed by atoms with Crippen molar-refractivity contribution in [3.8, 4) is 5.69 Å². The second-order valence-corrected chi connectivity index (χ2v) is 7.52. The molecular weight excluding hydrogens is 358 g/mol. The van der Waals surface area contributed by atoms with Gasteiger partial charge in [0, 0.05) is 17.1 Å². The normalized spacial score (nSPS) is 17.7. The van der Waals surface area contributed by atoms with Gasteiger partial charge >= 0.3 is 0 Å². The third kappa shape index (κ3) is 2.84. The number of aryl methyl sites for hydroxylation is 3. The Hall–Kier alpha value is -2.93. The molecule has 0 unspecified atom stereocenters. The largest absolute Gasteiger partial charge is 0.318 e. The summed E-state index contributed by atoms with van der Waals surface area (Å²) in [7, 11) is 0. The summed E-state index contributed by atoms with van der Waals surface area (Å²) in [5, 5.41) is 14.3. The molecule has 1 aromatic carbocycles. The maximum atomic E-state index is 12.4. The third-order valence-corrected chi connectivity index (χ3v) is 5.45. The van der Waals surface area contributed by atoms with Gasteiger partial charge in [-0.3, -0.25) is 10.2 Å². The first-order chi connectivity index (χ1) is 12.9. The summed E-state index contributed by atoms with van der Waals surface area (Å²) < 4.78 is 2.18. The van der Waals surface area contributed by atoms with Gasteiger partial charge < -0.3 is 4.57 Å². The fourth-order valence-corrected chi connectivity index (χ4v) is 3.97. The molecule has 6 nitrogen and oxygen atoms in total. The van der Waals surface area contributed by atoms with Crippen molar-refractivity contribution in [3.63, 3.8) is 0 Å².